The summed E-state index contributed by atoms with van der Waals surface area (Å²) in [6.45, 7) is 7.63. The van der Waals surface area contributed by atoms with Crippen LogP contribution in [0.2, 0.25) is 5.21 Å². The van der Waals surface area contributed by atoms with Gasteiger partial charge in [0.1, 0.15) is 0 Å². The third-order valence-electron chi connectivity index (χ3n) is 5.29. The second-order valence-electron chi connectivity index (χ2n) is 7.75. The Labute approximate surface area is 143 Å². The summed E-state index contributed by atoms with van der Waals surface area (Å²) in [4.78, 5) is 2.41. The molecule has 4 heteroatoms. The molecule has 1 fully saturated rings. The van der Waals surface area contributed by atoms with Gasteiger partial charge in [0, 0.05) is 5.54 Å². The van der Waals surface area contributed by atoms with E-state index in [0.29, 0.717) is 6.42 Å². The van der Waals surface area contributed by atoms with Crippen molar-refractivity contribution in [3.8, 4) is 0 Å². The zero-order valence-corrected chi connectivity index (χ0v) is 15.2. The van der Waals surface area contributed by atoms with Crippen LogP contribution in [0.5, 0.6) is 0 Å². The monoisotopic (exact) mass is 297 g/mol. The molecule has 1 atom stereocenters. The Morgan fingerprint density at radius 1 is 0.955 bits per heavy atom. The van der Waals surface area contributed by atoms with Gasteiger partial charge in [-0.1, -0.05) is 76.8 Å². The Hall–Kier alpha value is 0.155. The van der Waals surface area contributed by atoms with Gasteiger partial charge < -0.3 is 4.90 Å². The van der Waals surface area contributed by atoms with Crippen LogP contribution in [0.25, 0.3) is 0 Å². The van der Waals surface area contributed by atoms with E-state index in [0.717, 1.165) is 6.54 Å². The first kappa shape index (κ1) is 20.2. The first-order chi connectivity index (χ1) is 10.3. The number of hydrogen-bond donors (Lipinski definition) is 0. The Morgan fingerprint density at radius 2 is 1.45 bits per heavy atom. The van der Waals surface area contributed by atoms with Gasteiger partial charge in [0.05, 0.1) is 23.5 Å². The lowest BCUT2D eigenvalue weighted by atomic mass is 9.53. The van der Waals surface area contributed by atoms with Crippen molar-refractivity contribution in [3.63, 3.8) is 0 Å². The molecule has 0 aromatic rings. The summed E-state index contributed by atoms with van der Waals surface area (Å²) in [7, 11) is 18.7. The summed E-state index contributed by atoms with van der Waals surface area (Å²) in [6, 6.07) is 0. The lowest BCUT2D eigenvalue weighted by molar-refractivity contribution is 0.0930. The van der Waals surface area contributed by atoms with Gasteiger partial charge in [-0.15, -0.1) is 0 Å². The third kappa shape index (κ3) is 6.34. The average molecular weight is 297 g/mol. The van der Waals surface area contributed by atoms with Crippen molar-refractivity contribution in [2.24, 2.45) is 0 Å². The minimum absolute atomic E-state index is 0.0114. The maximum atomic E-state index is 6.37. The van der Waals surface area contributed by atoms with E-state index in [9.17, 15) is 0 Å². The standard InChI is InChI=1S/C18H34B3N/c1-4-6-8-10-12-17(3,13-11-9-7-5-2)22-15-18(20,21)14-16(22)19/h16H,4-15H2,1-3H3. The molecule has 1 unspecified atom stereocenters. The fourth-order valence-corrected chi connectivity index (χ4v) is 3.87. The van der Waals surface area contributed by atoms with Gasteiger partial charge in [0.15, 0.2) is 0 Å². The largest absolute Gasteiger partial charge is 0.305 e. The minimum Gasteiger partial charge on any atom is -0.305 e. The van der Waals surface area contributed by atoms with Crippen molar-refractivity contribution < 1.29 is 0 Å². The first-order valence-electron chi connectivity index (χ1n) is 9.45. The summed E-state index contributed by atoms with van der Waals surface area (Å²) in [5.74, 6) is 0.0114. The molecule has 0 aliphatic carbocycles. The summed E-state index contributed by atoms with van der Waals surface area (Å²) < 4.78 is 0. The van der Waals surface area contributed by atoms with E-state index in [1.165, 1.54) is 64.2 Å². The number of nitrogens with zero attached hydrogens (tertiary/aromatic N) is 1. The van der Waals surface area contributed by atoms with Crippen LogP contribution in [-0.2, 0) is 0 Å². The van der Waals surface area contributed by atoms with Gasteiger partial charge in [-0.25, -0.2) is 0 Å². The zero-order valence-electron chi connectivity index (χ0n) is 15.2. The molecule has 1 aliphatic heterocycles. The van der Waals surface area contributed by atoms with Gasteiger partial charge in [0.2, 0.25) is 0 Å². The van der Waals surface area contributed by atoms with Crippen molar-refractivity contribution in [2.45, 2.75) is 108 Å². The minimum atomic E-state index is -0.618. The number of hydrogen-bond acceptors (Lipinski definition) is 1. The predicted octanol–water partition coefficient (Wildman–Crippen LogP) is 4.34. The van der Waals surface area contributed by atoms with Gasteiger partial charge in [0.25, 0.3) is 0 Å². The van der Waals surface area contributed by atoms with Crippen LogP contribution in [0, 0.1) is 0 Å². The van der Waals surface area contributed by atoms with E-state index in [4.69, 9.17) is 23.5 Å². The van der Waals surface area contributed by atoms with Crippen LogP contribution in [0.1, 0.15) is 91.4 Å². The van der Waals surface area contributed by atoms with Crippen LogP contribution in [0.4, 0.5) is 0 Å². The van der Waals surface area contributed by atoms with Gasteiger partial charge in [-0.05, 0) is 32.3 Å². The Balaban J connectivity index is 2.63. The second kappa shape index (κ2) is 9.45. The highest BCUT2D eigenvalue weighted by atomic mass is 15.2. The number of unbranched alkanes of at least 4 members (excludes halogenated alkanes) is 6. The van der Waals surface area contributed by atoms with E-state index in [1.54, 1.807) is 0 Å². The molecule has 0 aromatic heterocycles. The van der Waals surface area contributed by atoms with Crippen LogP contribution in [0.3, 0.4) is 0 Å². The molecule has 1 heterocycles. The molecule has 1 nitrogen and oxygen atoms in total. The fraction of sp³-hybridized carbons (Fsp3) is 1.00. The van der Waals surface area contributed by atoms with Crippen LogP contribution in [0.15, 0.2) is 0 Å². The molecule has 120 valence electrons. The molecule has 1 rings (SSSR count). The predicted molar refractivity (Wildman–Crippen MR) is 101 cm³/mol. The maximum Gasteiger partial charge on any atom is 0.0910 e. The van der Waals surface area contributed by atoms with Crippen LogP contribution >= 0.6 is 0 Å². The van der Waals surface area contributed by atoms with Gasteiger partial charge in [-0.2, -0.15) is 0 Å². The SMILES string of the molecule is [B]C1CC([B])([B])CN1C(C)(CCCCCC)CCCCCC. The van der Waals surface area contributed by atoms with Crippen molar-refractivity contribution >= 4 is 23.5 Å². The number of rotatable bonds is 11. The molecule has 0 amide bonds. The van der Waals surface area contributed by atoms with Crippen molar-refractivity contribution in [1.82, 2.24) is 4.90 Å². The van der Waals surface area contributed by atoms with E-state index < -0.39 is 5.21 Å². The van der Waals surface area contributed by atoms with E-state index >= 15 is 0 Å². The molecule has 6 radical (unpaired) electrons. The quantitative estimate of drug-likeness (QED) is 0.405. The first-order valence-corrected chi connectivity index (χ1v) is 9.45. The summed E-state index contributed by atoms with van der Waals surface area (Å²) >= 11 is 0. The molecule has 22 heavy (non-hydrogen) atoms. The molecule has 0 N–H and O–H groups in total. The van der Waals surface area contributed by atoms with E-state index in [2.05, 4.69) is 25.7 Å². The lowest BCUT2D eigenvalue weighted by Crippen LogP contribution is -2.49. The highest BCUT2D eigenvalue weighted by molar-refractivity contribution is 6.40. The second-order valence-corrected chi connectivity index (χ2v) is 7.75. The summed E-state index contributed by atoms with van der Waals surface area (Å²) in [5.41, 5.74) is 0.154. The third-order valence-corrected chi connectivity index (χ3v) is 5.29. The van der Waals surface area contributed by atoms with Crippen LogP contribution in [-0.4, -0.2) is 46.5 Å². The summed E-state index contributed by atoms with van der Waals surface area (Å²) in [5, 5.41) is -0.618. The highest BCUT2D eigenvalue weighted by Crippen LogP contribution is 2.41. The van der Waals surface area contributed by atoms with Crippen molar-refractivity contribution in [3.05, 3.63) is 0 Å². The maximum absolute atomic E-state index is 6.37. The average Bonchev–Trinajstić information content (AvgIpc) is 2.74. The molecule has 1 aliphatic rings. The smallest absolute Gasteiger partial charge is 0.0910 e. The Kier molecular flexibility index (Phi) is 8.68. The van der Waals surface area contributed by atoms with E-state index in [-0.39, 0.29) is 11.5 Å². The summed E-state index contributed by atoms with van der Waals surface area (Å²) in [6.07, 6.45) is 13.5. The highest BCUT2D eigenvalue weighted by Gasteiger charge is 2.42. The Bertz CT molecular complexity index is 295. The molecular weight excluding hydrogens is 263 g/mol. The number of likely N-dealkylation sites (tertiary alicyclic amines) is 1. The molecule has 0 aromatic carbocycles. The fourth-order valence-electron chi connectivity index (χ4n) is 3.87. The van der Waals surface area contributed by atoms with E-state index in [1.807, 2.05) is 0 Å². The van der Waals surface area contributed by atoms with Crippen molar-refractivity contribution in [2.75, 3.05) is 6.54 Å². The Morgan fingerprint density at radius 3 is 1.82 bits per heavy atom. The van der Waals surface area contributed by atoms with Gasteiger partial charge in [-0.3, -0.25) is 0 Å². The lowest BCUT2D eigenvalue weighted by Gasteiger charge is -2.43. The molecule has 0 spiro atoms. The molecule has 0 saturated carbocycles. The molecule has 1 saturated heterocycles. The zero-order chi connectivity index (χ0) is 16.6. The normalized spacial score (nSPS) is 22.2. The van der Waals surface area contributed by atoms with Gasteiger partial charge >= 0.3 is 0 Å². The van der Waals surface area contributed by atoms with Crippen molar-refractivity contribution in [1.29, 1.82) is 0 Å². The molecule has 0 bridgehead atoms. The van der Waals surface area contributed by atoms with Crippen LogP contribution < -0.4 is 0 Å². The molecular formula is C18H34B3N. The topological polar surface area (TPSA) is 3.24 Å².